The normalized spacial score (nSPS) is 14.0. The predicted octanol–water partition coefficient (Wildman–Crippen LogP) is 1.87. The van der Waals surface area contributed by atoms with Crippen LogP contribution in [-0.2, 0) is 15.8 Å². The van der Waals surface area contributed by atoms with Gasteiger partial charge in [0.2, 0.25) is 0 Å². The first-order chi connectivity index (χ1) is 10.6. The summed E-state index contributed by atoms with van der Waals surface area (Å²) in [7, 11) is 0. The fourth-order valence-electron chi connectivity index (χ4n) is 1.73. The molecular weight excluding hydrogens is 333 g/mol. The monoisotopic (exact) mass is 350 g/mol. The number of carbonyl (C=O) groups excluding carboxylic acids is 2. The molecule has 0 saturated heterocycles. The second-order valence-corrected chi connectivity index (χ2v) is 5.98. The van der Waals surface area contributed by atoms with Crippen molar-refractivity contribution in [3.63, 3.8) is 0 Å². The number of thioether (sulfide) groups is 1. The summed E-state index contributed by atoms with van der Waals surface area (Å²) in [5, 5.41) is 14.0. The smallest absolute Gasteiger partial charge is 0.387 e. The number of para-hydroxylation sites is 1. The van der Waals surface area contributed by atoms with Gasteiger partial charge >= 0.3 is 18.0 Å². The Morgan fingerprint density at radius 1 is 1.22 bits per heavy atom. The van der Waals surface area contributed by atoms with E-state index in [2.05, 4.69) is 5.32 Å². The molecule has 9 heteroatoms. The third-order valence-corrected chi connectivity index (χ3v) is 3.68. The van der Waals surface area contributed by atoms with E-state index in [1.54, 1.807) is 6.26 Å². The van der Waals surface area contributed by atoms with Gasteiger partial charge in [0.1, 0.15) is 0 Å². The summed E-state index contributed by atoms with van der Waals surface area (Å²) in [5.41, 5.74) is -2.77. The topological polar surface area (TPSA) is 78.4 Å². The minimum Gasteiger partial charge on any atom is -0.387 e. The van der Waals surface area contributed by atoms with Crippen LogP contribution in [0.2, 0.25) is 0 Å². The quantitative estimate of drug-likeness (QED) is 0.709. The SMILES string of the molecule is CSCC(C)(O)CNC(=O)C(=O)Nc1ccccc1C(F)(F)F. The van der Waals surface area contributed by atoms with Crippen molar-refractivity contribution in [2.24, 2.45) is 0 Å². The van der Waals surface area contributed by atoms with Gasteiger partial charge in [-0.3, -0.25) is 9.59 Å². The van der Waals surface area contributed by atoms with Gasteiger partial charge in [-0.05, 0) is 25.3 Å². The summed E-state index contributed by atoms with van der Waals surface area (Å²) in [4.78, 5) is 23.3. The summed E-state index contributed by atoms with van der Waals surface area (Å²) in [5.74, 6) is -2.03. The molecule has 5 nitrogen and oxygen atoms in total. The second-order valence-electron chi connectivity index (χ2n) is 5.11. The van der Waals surface area contributed by atoms with Crippen LogP contribution in [0.5, 0.6) is 0 Å². The van der Waals surface area contributed by atoms with Gasteiger partial charge in [-0.2, -0.15) is 24.9 Å². The van der Waals surface area contributed by atoms with Crippen molar-refractivity contribution in [3.8, 4) is 0 Å². The van der Waals surface area contributed by atoms with E-state index in [0.717, 1.165) is 12.1 Å². The van der Waals surface area contributed by atoms with Gasteiger partial charge in [-0.1, -0.05) is 12.1 Å². The zero-order valence-corrected chi connectivity index (χ0v) is 13.3. The Morgan fingerprint density at radius 3 is 2.39 bits per heavy atom. The van der Waals surface area contributed by atoms with Gasteiger partial charge in [0.05, 0.1) is 16.9 Å². The zero-order chi connectivity index (χ0) is 17.7. The highest BCUT2D eigenvalue weighted by molar-refractivity contribution is 7.98. The van der Waals surface area contributed by atoms with Crippen LogP contribution in [0.3, 0.4) is 0 Å². The van der Waals surface area contributed by atoms with E-state index in [1.807, 2.05) is 5.32 Å². The fourth-order valence-corrected chi connectivity index (χ4v) is 2.46. The Morgan fingerprint density at radius 2 is 1.83 bits per heavy atom. The molecule has 0 fully saturated rings. The van der Waals surface area contributed by atoms with Crippen LogP contribution in [-0.4, -0.2) is 41.1 Å². The Bertz CT molecular complexity index is 577. The largest absolute Gasteiger partial charge is 0.418 e. The Balaban J connectivity index is 2.72. The molecule has 128 valence electrons. The van der Waals surface area contributed by atoms with Crippen molar-refractivity contribution in [1.82, 2.24) is 5.32 Å². The molecule has 0 radical (unpaired) electrons. The standard InChI is InChI=1S/C14H17F3N2O3S/c1-13(22,8-23-2)7-18-11(20)12(21)19-10-6-4-3-5-9(10)14(15,16)17/h3-6,22H,7-8H2,1-2H3,(H,18,20)(H,19,21). The highest BCUT2D eigenvalue weighted by Crippen LogP contribution is 2.34. The highest BCUT2D eigenvalue weighted by atomic mass is 32.2. The molecule has 0 aliphatic rings. The first kappa shape index (κ1) is 19.3. The summed E-state index contributed by atoms with van der Waals surface area (Å²) in [6, 6.07) is 4.35. The minimum absolute atomic E-state index is 0.193. The fraction of sp³-hybridized carbons (Fsp3) is 0.429. The van der Waals surface area contributed by atoms with E-state index in [9.17, 15) is 27.9 Å². The number of aliphatic hydroxyl groups is 1. The molecule has 3 N–H and O–H groups in total. The molecular formula is C14H17F3N2O3S. The van der Waals surface area contributed by atoms with Crippen LogP contribution >= 0.6 is 11.8 Å². The number of halogens is 3. The van der Waals surface area contributed by atoms with Crippen LogP contribution in [0.25, 0.3) is 0 Å². The van der Waals surface area contributed by atoms with Gasteiger partial charge in [-0.15, -0.1) is 0 Å². The maximum absolute atomic E-state index is 12.8. The molecule has 1 atom stereocenters. The summed E-state index contributed by atoms with van der Waals surface area (Å²) < 4.78 is 38.4. The van der Waals surface area contributed by atoms with Crippen molar-refractivity contribution >= 4 is 29.3 Å². The first-order valence-electron chi connectivity index (χ1n) is 6.53. The van der Waals surface area contributed by atoms with Gasteiger partial charge in [-0.25, -0.2) is 0 Å². The summed E-state index contributed by atoms with van der Waals surface area (Å²) in [6.07, 6.45) is -2.89. The number of anilines is 1. The second kappa shape index (κ2) is 7.69. The van der Waals surface area contributed by atoms with Crippen LogP contribution in [0.1, 0.15) is 12.5 Å². The average molecular weight is 350 g/mol. The Kier molecular flexibility index (Phi) is 6.46. The van der Waals surface area contributed by atoms with Gasteiger partial charge in [0.25, 0.3) is 0 Å². The van der Waals surface area contributed by atoms with E-state index in [4.69, 9.17) is 0 Å². The number of amides is 2. The van der Waals surface area contributed by atoms with E-state index >= 15 is 0 Å². The molecule has 0 aromatic heterocycles. The number of carbonyl (C=O) groups is 2. The van der Waals surface area contributed by atoms with Gasteiger partial charge in [0.15, 0.2) is 0 Å². The lowest BCUT2D eigenvalue weighted by atomic mass is 10.1. The van der Waals surface area contributed by atoms with Crippen LogP contribution in [0, 0.1) is 0 Å². The lowest BCUT2D eigenvalue weighted by Crippen LogP contribution is -2.46. The average Bonchev–Trinajstić information content (AvgIpc) is 2.44. The molecule has 0 aliphatic heterocycles. The third-order valence-electron chi connectivity index (χ3n) is 2.77. The summed E-state index contributed by atoms with van der Waals surface area (Å²) in [6.45, 7) is 1.28. The molecule has 2 amide bonds. The molecule has 1 aromatic carbocycles. The first-order valence-corrected chi connectivity index (χ1v) is 7.93. The molecule has 0 saturated carbocycles. The molecule has 0 heterocycles. The lowest BCUT2D eigenvalue weighted by Gasteiger charge is -2.22. The molecule has 23 heavy (non-hydrogen) atoms. The van der Waals surface area contributed by atoms with Crippen molar-refractivity contribution in [1.29, 1.82) is 0 Å². The highest BCUT2D eigenvalue weighted by Gasteiger charge is 2.34. The lowest BCUT2D eigenvalue weighted by molar-refractivity contribution is -0.138. The molecule has 0 bridgehead atoms. The number of nitrogens with one attached hydrogen (secondary N) is 2. The van der Waals surface area contributed by atoms with Crippen molar-refractivity contribution < 1.29 is 27.9 Å². The van der Waals surface area contributed by atoms with Crippen molar-refractivity contribution in [2.45, 2.75) is 18.7 Å². The maximum Gasteiger partial charge on any atom is 0.418 e. The number of hydrogen-bond donors (Lipinski definition) is 3. The van der Waals surface area contributed by atoms with Crippen LogP contribution in [0.4, 0.5) is 18.9 Å². The number of benzene rings is 1. The van der Waals surface area contributed by atoms with E-state index in [-0.39, 0.29) is 6.54 Å². The van der Waals surface area contributed by atoms with Gasteiger partial charge in [0, 0.05) is 12.3 Å². The van der Waals surface area contributed by atoms with Crippen LogP contribution < -0.4 is 10.6 Å². The van der Waals surface area contributed by atoms with Gasteiger partial charge < -0.3 is 15.7 Å². The Labute approximate surface area is 135 Å². The molecule has 1 unspecified atom stereocenters. The third kappa shape index (κ3) is 6.11. The molecule has 1 aromatic rings. The predicted molar refractivity (Wildman–Crippen MR) is 82.1 cm³/mol. The van der Waals surface area contributed by atoms with E-state index in [0.29, 0.717) is 5.75 Å². The van der Waals surface area contributed by atoms with E-state index in [1.165, 1.54) is 30.8 Å². The minimum atomic E-state index is -4.65. The molecule has 0 spiro atoms. The molecule has 0 aliphatic carbocycles. The van der Waals surface area contributed by atoms with Crippen molar-refractivity contribution in [3.05, 3.63) is 29.8 Å². The summed E-state index contributed by atoms with van der Waals surface area (Å²) >= 11 is 1.35. The number of hydrogen-bond acceptors (Lipinski definition) is 4. The maximum atomic E-state index is 12.8. The number of alkyl halides is 3. The Hall–Kier alpha value is -1.74. The van der Waals surface area contributed by atoms with Crippen LogP contribution in [0.15, 0.2) is 24.3 Å². The van der Waals surface area contributed by atoms with E-state index < -0.39 is 34.8 Å². The number of rotatable bonds is 5. The zero-order valence-electron chi connectivity index (χ0n) is 12.5. The molecule has 1 rings (SSSR count). The van der Waals surface area contributed by atoms with Crippen molar-refractivity contribution in [2.75, 3.05) is 23.9 Å².